The summed E-state index contributed by atoms with van der Waals surface area (Å²) in [7, 11) is 1.81. The minimum atomic E-state index is -1.30. The van der Waals surface area contributed by atoms with Gasteiger partial charge >= 0.3 is 0 Å². The molecule has 0 atom stereocenters. The van der Waals surface area contributed by atoms with Gasteiger partial charge in [-0.3, -0.25) is 4.99 Å². The summed E-state index contributed by atoms with van der Waals surface area (Å²) >= 11 is 0. The van der Waals surface area contributed by atoms with Crippen molar-refractivity contribution in [3.05, 3.63) is 71.7 Å². The third kappa shape index (κ3) is 5.32. The molecule has 2 aliphatic heterocycles. The van der Waals surface area contributed by atoms with Crippen molar-refractivity contribution in [3.63, 3.8) is 0 Å². The van der Waals surface area contributed by atoms with Crippen LogP contribution in [0.1, 0.15) is 51.1 Å². The Hall–Kier alpha value is -2.99. The van der Waals surface area contributed by atoms with Gasteiger partial charge in [0.25, 0.3) is 0 Å². The number of aromatic nitrogens is 1. The Morgan fingerprint density at radius 2 is 2.06 bits per heavy atom. The van der Waals surface area contributed by atoms with Gasteiger partial charge in [-0.25, -0.2) is 9.37 Å². The zero-order valence-corrected chi connectivity index (χ0v) is 20.8. The number of hydrogen-bond donors (Lipinski definition) is 1. The van der Waals surface area contributed by atoms with Gasteiger partial charge in [-0.1, -0.05) is 43.7 Å². The van der Waals surface area contributed by atoms with Crippen molar-refractivity contribution in [2.45, 2.75) is 51.1 Å². The maximum absolute atomic E-state index is 15.2. The number of unbranched alkanes of at least 4 members (excludes halogenated alkanes) is 1. The van der Waals surface area contributed by atoms with Crippen LogP contribution in [-0.2, 0) is 0 Å². The lowest BCUT2D eigenvalue weighted by molar-refractivity contribution is 0.0545. The lowest BCUT2D eigenvalue weighted by atomic mass is 9.95. The van der Waals surface area contributed by atoms with Crippen molar-refractivity contribution < 1.29 is 9.13 Å². The second kappa shape index (κ2) is 10.3. The molecule has 0 unspecified atom stereocenters. The number of piperidine rings is 1. The first kappa shape index (κ1) is 23.7. The van der Waals surface area contributed by atoms with Crippen molar-refractivity contribution in [1.29, 1.82) is 0 Å². The van der Waals surface area contributed by atoms with Gasteiger partial charge in [0.2, 0.25) is 0 Å². The minimum Gasteiger partial charge on any atom is -0.488 e. The lowest BCUT2D eigenvalue weighted by Crippen LogP contribution is -2.42. The summed E-state index contributed by atoms with van der Waals surface area (Å²) in [5, 5.41) is 4.18. The van der Waals surface area contributed by atoms with E-state index in [1.54, 1.807) is 0 Å². The van der Waals surface area contributed by atoms with Crippen LogP contribution in [0.25, 0.3) is 10.9 Å². The number of fused-ring (bicyclic) bond motifs is 1. The number of aliphatic imine (C=N–C) groups is 1. The molecule has 0 radical (unpaired) electrons. The topological polar surface area (TPSA) is 49.8 Å². The number of para-hydroxylation sites is 1. The maximum Gasteiger partial charge on any atom is 0.158 e. The molecule has 184 valence electrons. The molecule has 0 amide bonds. The van der Waals surface area contributed by atoms with Crippen molar-refractivity contribution >= 4 is 16.7 Å². The van der Waals surface area contributed by atoms with E-state index in [1.165, 1.54) is 18.4 Å². The van der Waals surface area contributed by atoms with E-state index in [0.29, 0.717) is 37.6 Å². The fraction of sp³-hybridized carbons (Fsp3) is 0.448. The summed E-state index contributed by atoms with van der Waals surface area (Å²) in [6, 6.07) is 9.89. The van der Waals surface area contributed by atoms with E-state index in [4.69, 9.17) is 9.72 Å². The van der Waals surface area contributed by atoms with Gasteiger partial charge in [0.05, 0.1) is 0 Å². The highest BCUT2D eigenvalue weighted by molar-refractivity contribution is 6.01. The van der Waals surface area contributed by atoms with Crippen LogP contribution in [0.2, 0.25) is 0 Å². The quantitative estimate of drug-likeness (QED) is 0.399. The average molecular weight is 475 g/mol. The van der Waals surface area contributed by atoms with Crippen LogP contribution < -0.4 is 10.1 Å². The zero-order valence-electron chi connectivity index (χ0n) is 20.8. The first-order valence-electron chi connectivity index (χ1n) is 12.9. The normalized spacial score (nSPS) is 21.5. The van der Waals surface area contributed by atoms with Crippen molar-refractivity contribution in [2.75, 3.05) is 26.7 Å². The number of benzene rings is 1. The molecule has 1 saturated heterocycles. The molecular formula is C29H35FN4O. The molecule has 2 aromatic rings. The van der Waals surface area contributed by atoms with E-state index < -0.39 is 5.67 Å². The van der Waals surface area contributed by atoms with Gasteiger partial charge in [0.1, 0.15) is 29.2 Å². The highest BCUT2D eigenvalue weighted by Gasteiger charge is 2.33. The molecule has 0 spiro atoms. The van der Waals surface area contributed by atoms with Crippen LogP contribution in [0, 0.1) is 5.92 Å². The van der Waals surface area contributed by atoms with Gasteiger partial charge in [0, 0.05) is 24.3 Å². The molecule has 3 aliphatic rings. The molecular weight excluding hydrogens is 439 g/mol. The fourth-order valence-electron chi connectivity index (χ4n) is 4.76. The molecule has 1 saturated carbocycles. The molecule has 0 bridgehead atoms. The maximum atomic E-state index is 15.2. The predicted molar refractivity (Wildman–Crippen MR) is 140 cm³/mol. The molecule has 1 aliphatic carbocycles. The van der Waals surface area contributed by atoms with Gasteiger partial charge in [0.15, 0.2) is 5.84 Å². The summed E-state index contributed by atoms with van der Waals surface area (Å²) < 4.78 is 21.2. The van der Waals surface area contributed by atoms with Gasteiger partial charge in [-0.15, -0.1) is 0 Å². The SMILES string of the molecule is CCCC=C1C=CC(C2CC2)=CN1C(=NC)c1ccc2cccc(OCC3(F)CCNCC3)c2n1. The number of halogens is 1. The molecule has 1 aromatic carbocycles. The number of ether oxygens (including phenoxy) is 1. The standard InChI is InChI=1S/C29H35FN4O/c1-3-4-7-24-13-11-23(21-9-10-21)19-34(24)28(31-2)25-14-12-22-6-5-8-26(27(22)33-25)35-20-29(30)15-17-32-18-16-29/h5-8,11-14,19,21,32H,3-4,9-10,15-18,20H2,1-2H3. The minimum absolute atomic E-state index is 0.0444. The van der Waals surface area contributed by atoms with E-state index >= 15 is 4.39 Å². The highest BCUT2D eigenvalue weighted by Crippen LogP contribution is 2.39. The van der Waals surface area contributed by atoms with Crippen LogP contribution in [-0.4, -0.2) is 48.1 Å². The number of nitrogens with one attached hydrogen (secondary N) is 1. The Labute approximate surface area is 207 Å². The summed E-state index contributed by atoms with van der Waals surface area (Å²) in [5.74, 6) is 2.06. The first-order valence-corrected chi connectivity index (χ1v) is 12.9. The molecule has 35 heavy (non-hydrogen) atoms. The molecule has 6 heteroatoms. The van der Waals surface area contributed by atoms with E-state index in [9.17, 15) is 0 Å². The molecule has 3 heterocycles. The summed E-state index contributed by atoms with van der Waals surface area (Å²) in [6.07, 6.45) is 14.4. The van der Waals surface area contributed by atoms with Crippen LogP contribution in [0.3, 0.4) is 0 Å². The van der Waals surface area contributed by atoms with Crippen molar-refractivity contribution in [1.82, 2.24) is 15.2 Å². The van der Waals surface area contributed by atoms with E-state index in [0.717, 1.165) is 41.0 Å². The van der Waals surface area contributed by atoms with Crippen LogP contribution in [0.15, 0.2) is 71.0 Å². The van der Waals surface area contributed by atoms with Gasteiger partial charge in [-0.2, -0.15) is 0 Å². The number of hydrogen-bond acceptors (Lipinski definition) is 4. The van der Waals surface area contributed by atoms with E-state index in [-0.39, 0.29) is 6.61 Å². The number of amidine groups is 1. The smallest absolute Gasteiger partial charge is 0.158 e. The average Bonchev–Trinajstić information content (AvgIpc) is 3.73. The third-order valence-electron chi connectivity index (χ3n) is 7.03. The summed E-state index contributed by atoms with van der Waals surface area (Å²) in [6.45, 7) is 3.60. The molecule has 1 N–H and O–H groups in total. The number of allylic oxidation sites excluding steroid dienone is 4. The summed E-state index contributed by atoms with van der Waals surface area (Å²) in [4.78, 5) is 11.8. The number of pyridine rings is 1. The Balaban J connectivity index is 1.46. The molecule has 5 rings (SSSR count). The van der Waals surface area contributed by atoms with E-state index in [1.807, 2.05) is 37.4 Å². The van der Waals surface area contributed by atoms with E-state index in [2.05, 4.69) is 46.6 Å². The zero-order chi connectivity index (χ0) is 24.3. The summed E-state index contributed by atoms with van der Waals surface area (Å²) in [5.41, 5.74) is 2.68. The Bertz CT molecular complexity index is 1190. The number of rotatable bonds is 7. The Morgan fingerprint density at radius 1 is 1.23 bits per heavy atom. The number of nitrogens with zero attached hydrogens (tertiary/aromatic N) is 3. The van der Waals surface area contributed by atoms with Gasteiger partial charge in [-0.05, 0) is 74.9 Å². The highest BCUT2D eigenvalue weighted by atomic mass is 19.1. The number of alkyl halides is 1. The van der Waals surface area contributed by atoms with Crippen LogP contribution in [0.5, 0.6) is 5.75 Å². The third-order valence-corrected chi connectivity index (χ3v) is 7.03. The van der Waals surface area contributed by atoms with Gasteiger partial charge < -0.3 is 15.0 Å². The predicted octanol–water partition coefficient (Wildman–Crippen LogP) is 5.93. The molecule has 1 aromatic heterocycles. The fourth-order valence-corrected chi connectivity index (χ4v) is 4.76. The first-order chi connectivity index (χ1) is 17.1. The Kier molecular flexibility index (Phi) is 7.00. The molecule has 5 nitrogen and oxygen atoms in total. The largest absolute Gasteiger partial charge is 0.488 e. The lowest BCUT2D eigenvalue weighted by Gasteiger charge is -2.30. The Morgan fingerprint density at radius 3 is 2.80 bits per heavy atom. The monoisotopic (exact) mass is 474 g/mol. The van der Waals surface area contributed by atoms with Crippen molar-refractivity contribution in [2.24, 2.45) is 10.9 Å². The molecule has 2 fully saturated rings. The second-order valence-electron chi connectivity index (χ2n) is 9.79. The van der Waals surface area contributed by atoms with Crippen molar-refractivity contribution in [3.8, 4) is 5.75 Å². The van der Waals surface area contributed by atoms with Crippen LogP contribution in [0.4, 0.5) is 4.39 Å². The second-order valence-corrected chi connectivity index (χ2v) is 9.79. The van der Waals surface area contributed by atoms with Crippen LogP contribution >= 0.6 is 0 Å².